The van der Waals surface area contributed by atoms with Gasteiger partial charge in [0.1, 0.15) is 11.8 Å². The van der Waals surface area contributed by atoms with Crippen molar-refractivity contribution in [3.63, 3.8) is 0 Å². The molecule has 8 nitrogen and oxygen atoms in total. The van der Waals surface area contributed by atoms with Crippen molar-refractivity contribution >= 4 is 29.2 Å². The highest BCUT2D eigenvalue weighted by Crippen LogP contribution is 2.21. The minimum Gasteiger partial charge on any atom is -0.398 e. The summed E-state index contributed by atoms with van der Waals surface area (Å²) in [5.41, 5.74) is 14.4. The summed E-state index contributed by atoms with van der Waals surface area (Å²) in [4.78, 5) is 20.3. The molecule has 0 aliphatic heterocycles. The normalized spacial score (nSPS) is 11.2. The number of aliphatic imine (C=N–C) groups is 1. The van der Waals surface area contributed by atoms with Gasteiger partial charge in [-0.15, -0.1) is 0 Å². The molecule has 136 valence electrons. The van der Waals surface area contributed by atoms with Crippen molar-refractivity contribution in [2.45, 2.75) is 6.92 Å². The van der Waals surface area contributed by atoms with Crippen molar-refractivity contribution in [3.8, 4) is 6.07 Å². The highest BCUT2D eigenvalue weighted by Gasteiger charge is 2.14. The van der Waals surface area contributed by atoms with E-state index < -0.39 is 5.91 Å². The molecule has 2 rings (SSSR count). The molecule has 0 saturated heterocycles. The minimum absolute atomic E-state index is 0.0242. The number of pyridine rings is 1. The largest absolute Gasteiger partial charge is 0.398 e. The summed E-state index contributed by atoms with van der Waals surface area (Å²) in [7, 11) is 1.59. The van der Waals surface area contributed by atoms with E-state index in [9.17, 15) is 4.79 Å². The topological polar surface area (TPSA) is 154 Å². The van der Waals surface area contributed by atoms with Crippen molar-refractivity contribution in [2.75, 3.05) is 18.1 Å². The maximum absolute atomic E-state index is 12.5. The number of hydrogen-bond donors (Lipinski definition) is 4. The zero-order chi connectivity index (χ0) is 20.0. The number of rotatable bonds is 5. The van der Waals surface area contributed by atoms with E-state index in [0.717, 1.165) is 0 Å². The highest BCUT2D eigenvalue weighted by molar-refractivity contribution is 6.15. The number of nitrogens with two attached hydrogens (primary N) is 2. The van der Waals surface area contributed by atoms with Crippen LogP contribution in [0.15, 0.2) is 47.2 Å². The van der Waals surface area contributed by atoms with Crippen LogP contribution < -0.4 is 16.8 Å². The van der Waals surface area contributed by atoms with Crippen LogP contribution in [-0.4, -0.2) is 29.9 Å². The Balaban J connectivity index is 2.29. The number of aryl methyl sites for hydroxylation is 1. The van der Waals surface area contributed by atoms with Gasteiger partial charge in [-0.3, -0.25) is 15.2 Å². The first-order chi connectivity index (χ1) is 12.9. The Hall–Kier alpha value is -3.99. The number of aromatic nitrogens is 1. The Kier molecular flexibility index (Phi) is 6.02. The van der Waals surface area contributed by atoms with Gasteiger partial charge in [-0.25, -0.2) is 4.98 Å². The van der Waals surface area contributed by atoms with Crippen LogP contribution in [0.25, 0.3) is 0 Å². The average Bonchev–Trinajstić information content (AvgIpc) is 2.66. The molecule has 0 bridgehead atoms. The number of benzene rings is 1. The molecule has 0 radical (unpaired) electrons. The van der Waals surface area contributed by atoms with E-state index in [1.807, 2.05) is 6.07 Å². The van der Waals surface area contributed by atoms with E-state index in [1.54, 1.807) is 38.2 Å². The molecule has 0 saturated carbocycles. The number of hydrogen-bond acceptors (Lipinski definition) is 7. The molecular formula is C19H19N7O. The highest BCUT2D eigenvalue weighted by atomic mass is 16.1. The van der Waals surface area contributed by atoms with E-state index in [0.29, 0.717) is 28.1 Å². The lowest BCUT2D eigenvalue weighted by Gasteiger charge is -2.12. The monoisotopic (exact) mass is 361 g/mol. The van der Waals surface area contributed by atoms with Gasteiger partial charge in [0.25, 0.3) is 5.91 Å². The molecule has 0 aliphatic carbocycles. The summed E-state index contributed by atoms with van der Waals surface area (Å²) in [6.45, 7) is 1.70. The molecule has 1 amide bonds. The summed E-state index contributed by atoms with van der Waals surface area (Å²) in [6, 6.07) is 8.34. The van der Waals surface area contributed by atoms with Gasteiger partial charge in [-0.1, -0.05) is 0 Å². The number of carbonyl (C=O) groups excluding carboxylic acids is 1. The summed E-state index contributed by atoms with van der Waals surface area (Å²) in [6.07, 6.45) is 4.31. The first-order valence-corrected chi connectivity index (χ1v) is 7.92. The first kappa shape index (κ1) is 19.3. The van der Waals surface area contributed by atoms with Crippen LogP contribution in [0.1, 0.15) is 27.2 Å². The molecule has 0 aliphatic rings. The van der Waals surface area contributed by atoms with Crippen molar-refractivity contribution in [2.24, 2.45) is 10.7 Å². The fourth-order valence-corrected chi connectivity index (χ4v) is 2.31. The Labute approximate surface area is 156 Å². The van der Waals surface area contributed by atoms with Crippen LogP contribution in [0.4, 0.5) is 11.4 Å². The van der Waals surface area contributed by atoms with Crippen molar-refractivity contribution in [3.05, 3.63) is 64.6 Å². The molecule has 0 fully saturated rings. The lowest BCUT2D eigenvalue weighted by atomic mass is 10.0. The second-order valence-electron chi connectivity index (χ2n) is 5.66. The van der Waals surface area contributed by atoms with Gasteiger partial charge in [-0.2, -0.15) is 5.26 Å². The van der Waals surface area contributed by atoms with Crippen molar-refractivity contribution in [1.82, 2.24) is 4.98 Å². The molecule has 1 aromatic carbocycles. The van der Waals surface area contributed by atoms with Crippen LogP contribution in [0.2, 0.25) is 0 Å². The molecule has 0 atom stereocenters. The lowest BCUT2D eigenvalue weighted by Crippen LogP contribution is -2.17. The fraction of sp³-hybridized carbons (Fsp3) is 0.105. The van der Waals surface area contributed by atoms with Gasteiger partial charge in [0, 0.05) is 36.4 Å². The Morgan fingerprint density at radius 2 is 2.15 bits per heavy atom. The number of nitrogens with one attached hydrogen (secondary N) is 2. The predicted octanol–water partition coefficient (Wildman–Crippen LogP) is 2.01. The quantitative estimate of drug-likeness (QED) is 0.474. The van der Waals surface area contributed by atoms with Crippen molar-refractivity contribution in [1.29, 1.82) is 10.7 Å². The third-order valence-corrected chi connectivity index (χ3v) is 3.69. The van der Waals surface area contributed by atoms with Crippen LogP contribution in [0.3, 0.4) is 0 Å². The Morgan fingerprint density at radius 1 is 1.41 bits per heavy atom. The molecular weight excluding hydrogens is 342 g/mol. The minimum atomic E-state index is -0.430. The fourth-order valence-electron chi connectivity index (χ4n) is 2.31. The third kappa shape index (κ3) is 4.55. The number of nitrogen functional groups attached to an aromatic ring is 1. The Bertz CT molecular complexity index is 1000. The second-order valence-corrected chi connectivity index (χ2v) is 5.66. The van der Waals surface area contributed by atoms with Crippen LogP contribution >= 0.6 is 0 Å². The maximum atomic E-state index is 12.5. The average molecular weight is 361 g/mol. The van der Waals surface area contributed by atoms with E-state index in [2.05, 4.69) is 15.3 Å². The number of nitrogens with zero attached hydrogens (tertiary/aromatic N) is 3. The molecule has 27 heavy (non-hydrogen) atoms. The Morgan fingerprint density at radius 3 is 2.78 bits per heavy atom. The molecule has 1 aromatic heterocycles. The van der Waals surface area contributed by atoms with Gasteiger partial charge in [0.2, 0.25) is 0 Å². The van der Waals surface area contributed by atoms with Crippen molar-refractivity contribution < 1.29 is 4.79 Å². The smallest absolute Gasteiger partial charge is 0.274 e. The third-order valence-electron chi connectivity index (χ3n) is 3.69. The number of nitriles is 1. The number of anilines is 2. The molecule has 8 heteroatoms. The second kappa shape index (κ2) is 8.40. The van der Waals surface area contributed by atoms with Gasteiger partial charge in [0.05, 0.1) is 17.0 Å². The van der Waals surface area contributed by atoms with Gasteiger partial charge >= 0.3 is 0 Å². The standard InChI is InChI=1S/C19H19N7O/c1-11-7-12(9-20)10-25-18(11)19(27)26-13-3-4-15(21)14(8-13)17(23)16(22)5-6-24-2/h3-8,10,23H,21-22H2,1-2H3,(H,26,27). The van der Waals surface area contributed by atoms with E-state index in [-0.39, 0.29) is 17.1 Å². The summed E-state index contributed by atoms with van der Waals surface area (Å²) >= 11 is 0. The zero-order valence-corrected chi connectivity index (χ0v) is 14.9. The molecule has 0 unspecified atom stereocenters. The van der Waals surface area contributed by atoms with Gasteiger partial charge in [0.15, 0.2) is 0 Å². The van der Waals surface area contributed by atoms with Crippen LogP contribution in [-0.2, 0) is 0 Å². The lowest BCUT2D eigenvalue weighted by molar-refractivity contribution is 0.102. The van der Waals surface area contributed by atoms with Gasteiger partial charge in [-0.05, 0) is 42.8 Å². The number of carbonyl (C=O) groups is 1. The molecule has 2 aromatic rings. The molecule has 0 spiro atoms. The number of amides is 1. The molecule has 6 N–H and O–H groups in total. The maximum Gasteiger partial charge on any atom is 0.274 e. The molecule has 1 heterocycles. The van der Waals surface area contributed by atoms with E-state index in [1.165, 1.54) is 18.5 Å². The summed E-state index contributed by atoms with van der Waals surface area (Å²) in [5.74, 6) is -0.430. The van der Waals surface area contributed by atoms with E-state index >= 15 is 0 Å². The SMILES string of the molecule is CN=CC=C(N)C(=N)c1cc(NC(=O)c2ncc(C#N)cc2C)ccc1N. The van der Waals surface area contributed by atoms with Crippen LogP contribution in [0.5, 0.6) is 0 Å². The number of allylic oxidation sites excluding steroid dienone is 2. The predicted molar refractivity (Wildman–Crippen MR) is 106 cm³/mol. The van der Waals surface area contributed by atoms with E-state index in [4.69, 9.17) is 22.1 Å². The first-order valence-electron chi connectivity index (χ1n) is 7.92. The summed E-state index contributed by atoms with van der Waals surface area (Å²) < 4.78 is 0. The van der Waals surface area contributed by atoms with Crippen LogP contribution in [0, 0.1) is 23.7 Å². The summed E-state index contributed by atoms with van der Waals surface area (Å²) in [5, 5.41) is 19.8. The van der Waals surface area contributed by atoms with Gasteiger partial charge < -0.3 is 16.8 Å². The zero-order valence-electron chi connectivity index (χ0n) is 14.9.